The van der Waals surface area contributed by atoms with Crippen LogP contribution in [0.25, 0.3) is 66.6 Å². The van der Waals surface area contributed by atoms with Gasteiger partial charge in [0, 0.05) is 63.1 Å². The van der Waals surface area contributed by atoms with E-state index in [1.54, 1.807) is 0 Å². The zero-order valence-corrected chi connectivity index (χ0v) is 34.0. The predicted octanol–water partition coefficient (Wildman–Crippen LogP) is 12.0. The number of imidazole rings is 1. The first-order chi connectivity index (χ1) is 27.5. The van der Waals surface area contributed by atoms with Crippen LogP contribution in [-0.4, -0.2) is 18.7 Å². The van der Waals surface area contributed by atoms with E-state index in [1.807, 2.05) is 6.20 Å². The zero-order valence-electron chi connectivity index (χ0n) is 31.8. The quantitative estimate of drug-likeness (QED) is 0.158. The van der Waals surface area contributed by atoms with Crippen molar-refractivity contribution in [3.05, 3.63) is 216 Å². The van der Waals surface area contributed by atoms with Gasteiger partial charge in [-0.05, 0) is 94.1 Å². The second-order valence-electron chi connectivity index (χ2n) is 15.0. The van der Waals surface area contributed by atoms with E-state index in [4.69, 9.17) is 4.98 Å². The van der Waals surface area contributed by atoms with Crippen LogP contribution in [0.5, 0.6) is 0 Å². The van der Waals surface area contributed by atoms with Crippen molar-refractivity contribution in [2.45, 2.75) is 19.3 Å². The van der Waals surface area contributed by atoms with E-state index in [9.17, 15) is 0 Å². The van der Waals surface area contributed by atoms with Crippen molar-refractivity contribution in [2.24, 2.45) is 7.05 Å². The summed E-state index contributed by atoms with van der Waals surface area (Å²) in [5.74, 6) is 0.868. The Labute approximate surface area is 346 Å². The van der Waals surface area contributed by atoms with E-state index in [0.717, 1.165) is 50.1 Å². The van der Waals surface area contributed by atoms with Gasteiger partial charge in [-0.15, -0.1) is 22.6 Å². The van der Waals surface area contributed by atoms with Crippen LogP contribution in [-0.2, 0) is 33.5 Å². The molecule has 7 aromatic carbocycles. The third-order valence-corrected chi connectivity index (χ3v) is 11.9. The summed E-state index contributed by atoms with van der Waals surface area (Å²) in [6.07, 6.45) is 4.09. The van der Waals surface area contributed by atoms with Crippen LogP contribution in [0.4, 0.5) is 0 Å². The van der Waals surface area contributed by atoms with Gasteiger partial charge in [-0.1, -0.05) is 96.5 Å². The van der Waals surface area contributed by atoms with Crippen molar-refractivity contribution >= 4 is 32.8 Å². The molecule has 0 saturated carbocycles. The van der Waals surface area contributed by atoms with Gasteiger partial charge < -0.3 is 4.57 Å². The van der Waals surface area contributed by atoms with Gasteiger partial charge in [0.1, 0.15) is 5.82 Å². The Morgan fingerprint density at radius 1 is 0.579 bits per heavy atom. The number of hydrogen-bond acceptors (Lipinski definition) is 1. The maximum absolute atomic E-state index is 5.05. The molecule has 0 radical (unpaired) electrons. The first-order valence-corrected chi connectivity index (χ1v) is 19.2. The van der Waals surface area contributed by atoms with E-state index < -0.39 is 5.41 Å². The molecular weight excluding hydrogens is 876 g/mol. The van der Waals surface area contributed by atoms with E-state index in [1.165, 1.54) is 49.8 Å². The van der Waals surface area contributed by atoms with Gasteiger partial charge in [0.2, 0.25) is 0 Å². The fraction of sp³-hybridized carbons (Fsp3) is 0.0769. The molecule has 57 heavy (non-hydrogen) atoms. The van der Waals surface area contributed by atoms with Gasteiger partial charge in [0.25, 0.3) is 0 Å². The number of hydrogen-bond donors (Lipinski definition) is 0. The molecule has 1 aliphatic rings. The SMILES string of the molecule is Cc1cccc(C)c1-c1ccnc(-n2c3[c-]c(C4(c5[c-]c(-n6[cH+]n(C)c7ccccc76)ccc5)c5ccccc5-c5ccccc54)ccc3c3ccccc32)c1.[Pt]. The molecular formula is C52H37N4Pt-. The van der Waals surface area contributed by atoms with Crippen molar-refractivity contribution in [3.8, 4) is 33.8 Å². The largest absolute Gasteiger partial charge is 0.319 e. The molecule has 0 aliphatic heterocycles. The first-order valence-electron chi connectivity index (χ1n) is 19.2. The van der Waals surface area contributed by atoms with Gasteiger partial charge in [0.05, 0.1) is 0 Å². The molecule has 0 bridgehead atoms. The van der Waals surface area contributed by atoms with Gasteiger partial charge in [0.15, 0.2) is 17.4 Å². The van der Waals surface area contributed by atoms with Crippen molar-refractivity contribution in [2.75, 3.05) is 0 Å². The fourth-order valence-electron chi connectivity index (χ4n) is 9.55. The Balaban J connectivity index is 0.00000396. The van der Waals surface area contributed by atoms with Crippen LogP contribution in [0.2, 0.25) is 0 Å². The Bertz CT molecular complexity index is 3140. The van der Waals surface area contributed by atoms with Gasteiger partial charge >= 0.3 is 0 Å². The van der Waals surface area contributed by atoms with Crippen LogP contribution in [0.1, 0.15) is 33.4 Å². The summed E-state index contributed by atoms with van der Waals surface area (Å²) < 4.78 is 6.73. The van der Waals surface area contributed by atoms with Crippen molar-refractivity contribution < 1.29 is 21.1 Å². The molecule has 0 atom stereocenters. The summed E-state index contributed by atoms with van der Waals surface area (Å²) in [6, 6.07) is 65.1. The molecule has 0 amide bonds. The Morgan fingerprint density at radius 2 is 1.21 bits per heavy atom. The molecule has 0 N–H and O–H groups in total. The third-order valence-electron chi connectivity index (χ3n) is 11.9. The molecule has 0 fully saturated rings. The minimum atomic E-state index is -0.697. The van der Waals surface area contributed by atoms with Crippen LogP contribution in [0, 0.1) is 26.0 Å². The number of rotatable bonds is 5. The average molecular weight is 913 g/mol. The summed E-state index contributed by atoms with van der Waals surface area (Å²) in [5, 5.41) is 2.31. The topological polar surface area (TPSA) is 27.7 Å². The minimum Gasteiger partial charge on any atom is -0.319 e. The molecule has 11 rings (SSSR count). The summed E-state index contributed by atoms with van der Waals surface area (Å²) in [6.45, 7) is 4.37. The molecule has 5 heteroatoms. The normalized spacial score (nSPS) is 12.8. The minimum absolute atomic E-state index is 0. The monoisotopic (exact) mass is 912 g/mol. The molecule has 0 unspecified atom stereocenters. The molecule has 276 valence electrons. The first kappa shape index (κ1) is 35.1. The number of fused-ring (bicyclic) bond motifs is 7. The van der Waals surface area contributed by atoms with Gasteiger partial charge in [-0.2, -0.15) is 30.3 Å². The number of benzene rings is 7. The number of aromatic nitrogens is 4. The average Bonchev–Trinajstić information content (AvgIpc) is 3.87. The summed E-state index contributed by atoms with van der Waals surface area (Å²) in [4.78, 5) is 5.05. The molecule has 3 heterocycles. The van der Waals surface area contributed by atoms with Crippen LogP contribution in [0.3, 0.4) is 0 Å². The predicted molar refractivity (Wildman–Crippen MR) is 229 cm³/mol. The molecule has 3 aromatic heterocycles. The van der Waals surface area contributed by atoms with Gasteiger partial charge in [-0.25, -0.2) is 14.1 Å². The van der Waals surface area contributed by atoms with Crippen LogP contribution < -0.4 is 0 Å². The van der Waals surface area contributed by atoms with Crippen molar-refractivity contribution in [1.82, 2.24) is 18.7 Å². The standard InChI is InChI=1S/C52H37N4.Pt/c1-34-14-12-15-35(2)51(34)36-28-29-53-50(30-36)56-46-23-9-6-20-42(46)43-27-26-38(32-49(43)56)52(44-21-7-4-18-40(44)41-19-5-8-22-45(41)52)37-16-13-17-39(31-37)55-33-54(3)47-24-10-11-25-48(47)55;/h4-30,33H,1-3H3;/q-1;. The molecule has 1 aliphatic carbocycles. The second-order valence-corrected chi connectivity index (χ2v) is 15.0. The number of aryl methyl sites for hydroxylation is 3. The molecule has 4 nitrogen and oxygen atoms in total. The van der Waals surface area contributed by atoms with E-state index >= 15 is 0 Å². The van der Waals surface area contributed by atoms with E-state index in [2.05, 4.69) is 211 Å². The Hall–Kier alpha value is -6.35. The third kappa shape index (κ3) is 5.10. The smallest absolute Gasteiger partial charge is 0.188 e. The number of nitrogens with zero attached hydrogens (tertiary/aromatic N) is 4. The molecule has 0 spiro atoms. The van der Waals surface area contributed by atoms with Crippen molar-refractivity contribution in [1.29, 1.82) is 0 Å². The Morgan fingerprint density at radius 3 is 1.96 bits per heavy atom. The van der Waals surface area contributed by atoms with Crippen LogP contribution >= 0.6 is 0 Å². The zero-order chi connectivity index (χ0) is 37.5. The maximum Gasteiger partial charge on any atom is 0.188 e. The van der Waals surface area contributed by atoms with E-state index in [0.29, 0.717) is 0 Å². The van der Waals surface area contributed by atoms with E-state index in [-0.39, 0.29) is 21.1 Å². The van der Waals surface area contributed by atoms with Gasteiger partial charge in [-0.3, -0.25) is 0 Å². The Kier molecular flexibility index (Phi) is 8.25. The number of pyridine rings is 1. The summed E-state index contributed by atoms with van der Waals surface area (Å²) in [7, 11) is 2.10. The van der Waals surface area contributed by atoms with Crippen molar-refractivity contribution in [3.63, 3.8) is 0 Å². The second kappa shape index (κ2) is 13.4. The maximum atomic E-state index is 5.05. The van der Waals surface area contributed by atoms with Crippen LogP contribution in [0.15, 0.2) is 170 Å². The number of para-hydroxylation sites is 3. The summed E-state index contributed by atoms with van der Waals surface area (Å²) in [5.41, 5.74) is 16.6. The fourth-order valence-corrected chi connectivity index (χ4v) is 9.55. The molecule has 10 aromatic rings. The molecule has 0 saturated heterocycles. The summed E-state index contributed by atoms with van der Waals surface area (Å²) >= 11 is 0.